The summed E-state index contributed by atoms with van der Waals surface area (Å²) >= 11 is 1.16. The van der Waals surface area contributed by atoms with Gasteiger partial charge in [-0.1, -0.05) is 0 Å². The Morgan fingerprint density at radius 2 is 2.07 bits per heavy atom. The Morgan fingerprint density at radius 3 is 2.47 bits per heavy atom. The third kappa shape index (κ3) is 2.56. The van der Waals surface area contributed by atoms with E-state index in [1.165, 1.54) is 5.38 Å². The minimum Gasteiger partial charge on any atom is -0.478 e. The van der Waals surface area contributed by atoms with E-state index in [0.717, 1.165) is 11.3 Å². The van der Waals surface area contributed by atoms with Gasteiger partial charge in [-0.25, -0.2) is 4.79 Å². The van der Waals surface area contributed by atoms with E-state index in [-0.39, 0.29) is 17.5 Å². The van der Waals surface area contributed by atoms with E-state index in [4.69, 9.17) is 5.11 Å². The number of carboxylic acids is 1. The average molecular weight is 227 g/mol. The molecule has 1 aromatic rings. The highest BCUT2D eigenvalue weighted by Gasteiger charge is 2.18. The molecule has 0 saturated heterocycles. The van der Waals surface area contributed by atoms with E-state index in [9.17, 15) is 9.59 Å². The van der Waals surface area contributed by atoms with E-state index in [1.54, 1.807) is 6.92 Å². The summed E-state index contributed by atoms with van der Waals surface area (Å²) in [7, 11) is 0. The third-order valence-electron chi connectivity index (χ3n) is 1.90. The molecule has 0 bridgehead atoms. The lowest BCUT2D eigenvalue weighted by Gasteiger charge is -2.07. The number of hydrogen-bond donors (Lipinski definition) is 2. The van der Waals surface area contributed by atoms with E-state index in [0.29, 0.717) is 10.4 Å². The molecule has 0 atom stereocenters. The smallest absolute Gasteiger partial charge is 0.336 e. The van der Waals surface area contributed by atoms with Crippen LogP contribution >= 0.6 is 11.3 Å². The second-order valence-electron chi connectivity index (χ2n) is 3.54. The van der Waals surface area contributed by atoms with Gasteiger partial charge in [-0.2, -0.15) is 0 Å². The first-order chi connectivity index (χ1) is 6.93. The zero-order chi connectivity index (χ0) is 11.6. The molecule has 2 N–H and O–H groups in total. The lowest BCUT2D eigenvalue weighted by atomic mass is 10.1. The molecule has 1 rings (SSSR count). The van der Waals surface area contributed by atoms with Crippen LogP contribution in [0.2, 0.25) is 0 Å². The Bertz CT molecular complexity index is 395. The Morgan fingerprint density at radius 1 is 1.47 bits per heavy atom. The van der Waals surface area contributed by atoms with Crippen molar-refractivity contribution in [3.63, 3.8) is 0 Å². The van der Waals surface area contributed by atoms with Gasteiger partial charge in [0.2, 0.25) is 0 Å². The molecule has 0 aliphatic heterocycles. The van der Waals surface area contributed by atoms with Gasteiger partial charge in [-0.05, 0) is 26.3 Å². The van der Waals surface area contributed by atoms with Gasteiger partial charge in [0.15, 0.2) is 0 Å². The number of amides is 1. The number of carbonyl (C=O) groups is 2. The van der Waals surface area contributed by atoms with Crippen molar-refractivity contribution in [3.05, 3.63) is 21.4 Å². The van der Waals surface area contributed by atoms with Gasteiger partial charge in [0.1, 0.15) is 0 Å². The first-order valence-electron chi connectivity index (χ1n) is 4.55. The van der Waals surface area contributed by atoms with Crippen molar-refractivity contribution < 1.29 is 14.7 Å². The van der Waals surface area contributed by atoms with Gasteiger partial charge in [0.25, 0.3) is 5.91 Å². The maximum atomic E-state index is 11.6. The summed E-state index contributed by atoms with van der Waals surface area (Å²) in [6, 6.07) is 0.0484. The molecule has 1 heterocycles. The van der Waals surface area contributed by atoms with Crippen molar-refractivity contribution in [1.82, 2.24) is 5.32 Å². The van der Waals surface area contributed by atoms with Crippen LogP contribution in [0, 0.1) is 6.92 Å². The highest BCUT2D eigenvalue weighted by atomic mass is 32.1. The molecule has 0 aliphatic carbocycles. The number of aromatic carboxylic acids is 1. The normalized spacial score (nSPS) is 10.4. The minimum atomic E-state index is -0.993. The second kappa shape index (κ2) is 4.44. The van der Waals surface area contributed by atoms with Crippen LogP contribution in [0.15, 0.2) is 5.38 Å². The molecule has 0 spiro atoms. The predicted octanol–water partition coefficient (Wildman–Crippen LogP) is 1.89. The summed E-state index contributed by atoms with van der Waals surface area (Å²) in [5.74, 6) is -1.20. The zero-order valence-corrected chi connectivity index (χ0v) is 9.64. The molecule has 0 saturated carbocycles. The summed E-state index contributed by atoms with van der Waals surface area (Å²) in [6.45, 7) is 5.37. The van der Waals surface area contributed by atoms with Crippen LogP contribution in [0.4, 0.5) is 0 Å². The van der Waals surface area contributed by atoms with Crippen molar-refractivity contribution in [2.24, 2.45) is 0 Å². The molecular formula is C10H13NO3S. The van der Waals surface area contributed by atoms with Crippen molar-refractivity contribution in [2.75, 3.05) is 0 Å². The topological polar surface area (TPSA) is 66.4 Å². The Labute approximate surface area is 91.9 Å². The van der Waals surface area contributed by atoms with Crippen LogP contribution < -0.4 is 5.32 Å². The number of carbonyl (C=O) groups excluding carboxylic acids is 1. The van der Waals surface area contributed by atoms with Crippen LogP contribution in [-0.2, 0) is 0 Å². The number of hydrogen-bond acceptors (Lipinski definition) is 3. The third-order valence-corrected chi connectivity index (χ3v) is 2.98. The van der Waals surface area contributed by atoms with E-state index in [2.05, 4.69) is 5.32 Å². The van der Waals surface area contributed by atoms with Crippen molar-refractivity contribution in [1.29, 1.82) is 0 Å². The maximum Gasteiger partial charge on any atom is 0.336 e. The fraction of sp³-hybridized carbons (Fsp3) is 0.400. The minimum absolute atomic E-state index is 0.0484. The Balaban J connectivity index is 2.96. The number of thiophene rings is 1. The first-order valence-corrected chi connectivity index (χ1v) is 5.43. The molecule has 5 heteroatoms. The molecule has 0 fully saturated rings. The van der Waals surface area contributed by atoms with Gasteiger partial charge in [0, 0.05) is 11.4 Å². The lowest BCUT2D eigenvalue weighted by Crippen LogP contribution is -2.29. The maximum absolute atomic E-state index is 11.6. The van der Waals surface area contributed by atoms with Gasteiger partial charge in [0.05, 0.1) is 10.4 Å². The van der Waals surface area contributed by atoms with E-state index in [1.807, 2.05) is 13.8 Å². The molecule has 0 aromatic carbocycles. The molecule has 82 valence electrons. The number of rotatable bonds is 3. The Hall–Kier alpha value is -1.36. The van der Waals surface area contributed by atoms with Crippen molar-refractivity contribution >= 4 is 23.2 Å². The van der Waals surface area contributed by atoms with Crippen LogP contribution in [0.5, 0.6) is 0 Å². The monoisotopic (exact) mass is 227 g/mol. The molecular weight excluding hydrogens is 214 g/mol. The second-order valence-corrected chi connectivity index (χ2v) is 4.42. The fourth-order valence-electron chi connectivity index (χ4n) is 1.18. The van der Waals surface area contributed by atoms with Crippen LogP contribution in [0.3, 0.4) is 0 Å². The summed E-state index contributed by atoms with van der Waals surface area (Å²) in [6.07, 6.45) is 0. The Kier molecular flexibility index (Phi) is 3.47. The average Bonchev–Trinajstić information content (AvgIpc) is 2.45. The van der Waals surface area contributed by atoms with Crippen LogP contribution in [-0.4, -0.2) is 23.0 Å². The fourth-order valence-corrected chi connectivity index (χ4v) is 2.15. The summed E-state index contributed by atoms with van der Waals surface area (Å²) < 4.78 is 0. The van der Waals surface area contributed by atoms with Gasteiger partial charge < -0.3 is 10.4 Å². The summed E-state index contributed by atoms with van der Waals surface area (Å²) in [5, 5.41) is 13.0. The van der Waals surface area contributed by atoms with Crippen LogP contribution in [0.25, 0.3) is 0 Å². The van der Waals surface area contributed by atoms with Crippen molar-refractivity contribution in [3.8, 4) is 0 Å². The first kappa shape index (κ1) is 11.7. The molecule has 0 radical (unpaired) electrons. The summed E-state index contributed by atoms with van der Waals surface area (Å²) in [5.41, 5.74) is 0.736. The SMILES string of the molecule is Cc1c(C(=O)O)csc1C(=O)NC(C)C. The zero-order valence-electron chi connectivity index (χ0n) is 8.83. The largest absolute Gasteiger partial charge is 0.478 e. The van der Waals surface area contributed by atoms with Crippen LogP contribution in [0.1, 0.15) is 39.4 Å². The van der Waals surface area contributed by atoms with Gasteiger partial charge in [-0.15, -0.1) is 11.3 Å². The molecule has 15 heavy (non-hydrogen) atoms. The number of nitrogens with one attached hydrogen (secondary N) is 1. The van der Waals surface area contributed by atoms with Gasteiger partial charge in [-0.3, -0.25) is 4.79 Å². The van der Waals surface area contributed by atoms with Gasteiger partial charge >= 0.3 is 5.97 Å². The highest BCUT2D eigenvalue weighted by Crippen LogP contribution is 2.21. The number of carboxylic acid groups (broad SMARTS) is 1. The molecule has 4 nitrogen and oxygen atoms in total. The molecule has 0 aliphatic rings. The predicted molar refractivity (Wildman–Crippen MR) is 58.6 cm³/mol. The molecule has 1 amide bonds. The van der Waals surface area contributed by atoms with E-state index >= 15 is 0 Å². The molecule has 1 aromatic heterocycles. The van der Waals surface area contributed by atoms with E-state index < -0.39 is 5.97 Å². The quantitative estimate of drug-likeness (QED) is 0.828. The standard InChI is InChI=1S/C10H13NO3S/c1-5(2)11-9(12)8-6(3)7(4-15-8)10(13)14/h4-5H,1-3H3,(H,11,12)(H,13,14). The lowest BCUT2D eigenvalue weighted by molar-refractivity contribution is 0.0696. The van der Waals surface area contributed by atoms with Crippen molar-refractivity contribution in [2.45, 2.75) is 26.8 Å². The molecule has 0 unspecified atom stereocenters. The summed E-state index contributed by atoms with van der Waals surface area (Å²) in [4.78, 5) is 22.8. The highest BCUT2D eigenvalue weighted by molar-refractivity contribution is 7.12.